The van der Waals surface area contributed by atoms with Gasteiger partial charge in [0.05, 0.1) is 11.8 Å². The van der Waals surface area contributed by atoms with Crippen molar-refractivity contribution in [1.82, 2.24) is 9.99 Å². The van der Waals surface area contributed by atoms with Crippen molar-refractivity contribution in [3.05, 3.63) is 100 Å². The molecule has 158 valence electrons. The highest BCUT2D eigenvalue weighted by Gasteiger charge is 2.09. The van der Waals surface area contributed by atoms with Crippen molar-refractivity contribution in [1.29, 1.82) is 5.26 Å². The van der Waals surface area contributed by atoms with Crippen LogP contribution in [0.3, 0.4) is 0 Å². The van der Waals surface area contributed by atoms with Gasteiger partial charge in [0.1, 0.15) is 11.8 Å². The van der Waals surface area contributed by atoms with Gasteiger partial charge in [-0.25, -0.2) is 5.43 Å². The zero-order chi connectivity index (χ0) is 22.7. The normalized spacial score (nSPS) is 11.0. The topological polar surface area (TPSA) is 90.4 Å². The highest BCUT2D eigenvalue weighted by Crippen LogP contribution is 2.22. The van der Waals surface area contributed by atoms with Gasteiger partial charge in [0.2, 0.25) is 0 Å². The molecule has 6 heteroatoms. The molecule has 0 bridgehead atoms. The fraction of sp³-hybridized carbons (Fsp3) is 0.115. The van der Waals surface area contributed by atoms with Crippen LogP contribution in [0.5, 0.6) is 5.75 Å². The smallest absolute Gasteiger partial charge is 0.271 e. The minimum absolute atomic E-state index is 0.0385. The molecule has 0 aliphatic heterocycles. The number of benzene rings is 3. The maximum absolute atomic E-state index is 12.3. The van der Waals surface area contributed by atoms with Crippen molar-refractivity contribution < 1.29 is 9.90 Å². The third kappa shape index (κ3) is 4.23. The number of hydrazone groups is 1. The van der Waals surface area contributed by atoms with Crippen LogP contribution in [-0.2, 0) is 6.54 Å². The summed E-state index contributed by atoms with van der Waals surface area (Å²) >= 11 is 0. The van der Waals surface area contributed by atoms with Crippen molar-refractivity contribution in [2.24, 2.45) is 5.10 Å². The van der Waals surface area contributed by atoms with Gasteiger partial charge in [-0.3, -0.25) is 4.79 Å². The quantitative estimate of drug-likeness (QED) is 0.362. The SMILES string of the molecule is Cc1ccc(Cn2ccc3c(/C=N/NC(=O)c4ccc(O)c(C#N)c4)cccc32)c(C)c1. The molecule has 0 aliphatic carbocycles. The average molecular weight is 422 g/mol. The van der Waals surface area contributed by atoms with Gasteiger partial charge in [-0.05, 0) is 55.3 Å². The largest absolute Gasteiger partial charge is 0.507 e. The van der Waals surface area contributed by atoms with E-state index in [9.17, 15) is 9.90 Å². The summed E-state index contributed by atoms with van der Waals surface area (Å²) in [5.74, 6) is -0.623. The molecule has 3 aromatic carbocycles. The Morgan fingerprint density at radius 2 is 2.00 bits per heavy atom. The molecule has 1 amide bonds. The Morgan fingerprint density at radius 3 is 2.78 bits per heavy atom. The standard InChI is InChI=1S/C26H22N4O2/c1-17-6-7-21(18(2)12-17)16-30-11-10-23-20(4-3-5-24(23)30)15-28-29-26(32)19-8-9-25(31)22(13-19)14-27/h3-13,15,31H,16H2,1-2H3,(H,29,32)/b28-15+. The van der Waals surface area contributed by atoms with E-state index >= 15 is 0 Å². The Kier molecular flexibility index (Phi) is 5.73. The van der Waals surface area contributed by atoms with Gasteiger partial charge in [-0.1, -0.05) is 35.9 Å². The molecular weight excluding hydrogens is 400 g/mol. The van der Waals surface area contributed by atoms with Crippen LogP contribution in [0.4, 0.5) is 0 Å². The van der Waals surface area contributed by atoms with Gasteiger partial charge in [0.25, 0.3) is 5.91 Å². The first-order chi connectivity index (χ1) is 15.5. The monoisotopic (exact) mass is 422 g/mol. The van der Waals surface area contributed by atoms with E-state index in [2.05, 4.69) is 59.4 Å². The van der Waals surface area contributed by atoms with Crippen molar-refractivity contribution in [3.8, 4) is 11.8 Å². The predicted molar refractivity (Wildman–Crippen MR) is 125 cm³/mol. The Balaban J connectivity index is 1.53. The second-order valence-corrected chi connectivity index (χ2v) is 7.70. The number of nitrogens with one attached hydrogen (secondary N) is 1. The minimum atomic E-state index is -0.461. The summed E-state index contributed by atoms with van der Waals surface area (Å²) < 4.78 is 2.20. The van der Waals surface area contributed by atoms with E-state index in [-0.39, 0.29) is 16.9 Å². The second-order valence-electron chi connectivity index (χ2n) is 7.70. The average Bonchev–Trinajstić information content (AvgIpc) is 3.19. The summed E-state index contributed by atoms with van der Waals surface area (Å²) in [6, 6.07) is 20.4. The number of hydrogen-bond donors (Lipinski definition) is 2. The van der Waals surface area contributed by atoms with E-state index in [0.29, 0.717) is 0 Å². The Morgan fingerprint density at radius 1 is 1.16 bits per heavy atom. The molecule has 0 unspecified atom stereocenters. The zero-order valence-electron chi connectivity index (χ0n) is 17.8. The molecular formula is C26H22N4O2. The summed E-state index contributed by atoms with van der Waals surface area (Å²) in [5, 5.41) is 23.7. The number of hydrogen-bond acceptors (Lipinski definition) is 4. The Hall–Kier alpha value is -4.37. The molecule has 0 aliphatic rings. The number of aromatic nitrogens is 1. The van der Waals surface area contributed by atoms with Crippen molar-refractivity contribution >= 4 is 23.0 Å². The van der Waals surface area contributed by atoms with E-state index in [1.54, 1.807) is 6.21 Å². The summed E-state index contributed by atoms with van der Waals surface area (Å²) in [4.78, 5) is 12.3. The molecule has 0 saturated carbocycles. The second kappa shape index (κ2) is 8.78. The molecule has 4 rings (SSSR count). The molecule has 32 heavy (non-hydrogen) atoms. The van der Waals surface area contributed by atoms with Crippen LogP contribution in [0, 0.1) is 25.2 Å². The number of amides is 1. The number of nitriles is 1. The maximum Gasteiger partial charge on any atom is 0.271 e. The molecule has 0 saturated heterocycles. The lowest BCUT2D eigenvalue weighted by atomic mass is 10.1. The number of aryl methyl sites for hydroxylation is 2. The molecule has 0 spiro atoms. The van der Waals surface area contributed by atoms with Crippen LogP contribution < -0.4 is 5.43 Å². The summed E-state index contributed by atoms with van der Waals surface area (Å²) in [6.07, 6.45) is 3.66. The third-order valence-corrected chi connectivity index (χ3v) is 5.44. The Labute approximate surface area is 186 Å². The van der Waals surface area contributed by atoms with Gasteiger partial charge in [-0.2, -0.15) is 10.4 Å². The highest BCUT2D eigenvalue weighted by molar-refractivity contribution is 6.00. The van der Waals surface area contributed by atoms with Gasteiger partial charge in [-0.15, -0.1) is 0 Å². The van der Waals surface area contributed by atoms with E-state index in [1.807, 2.05) is 24.3 Å². The number of fused-ring (bicyclic) bond motifs is 1. The fourth-order valence-corrected chi connectivity index (χ4v) is 3.70. The van der Waals surface area contributed by atoms with Crippen LogP contribution in [0.15, 0.2) is 72.0 Å². The number of rotatable bonds is 5. The zero-order valence-corrected chi connectivity index (χ0v) is 17.8. The molecule has 1 aromatic heterocycles. The van der Waals surface area contributed by atoms with E-state index in [4.69, 9.17) is 5.26 Å². The molecule has 0 fully saturated rings. The summed E-state index contributed by atoms with van der Waals surface area (Å²) in [5.41, 5.74) is 8.50. The van der Waals surface area contributed by atoms with Gasteiger partial charge in [0, 0.05) is 34.8 Å². The first kappa shape index (κ1) is 20.9. The minimum Gasteiger partial charge on any atom is -0.507 e. The summed E-state index contributed by atoms with van der Waals surface area (Å²) in [7, 11) is 0. The van der Waals surface area contributed by atoms with E-state index < -0.39 is 5.91 Å². The maximum atomic E-state index is 12.3. The van der Waals surface area contributed by atoms with Crippen molar-refractivity contribution in [2.75, 3.05) is 0 Å². The van der Waals surface area contributed by atoms with E-state index in [0.717, 1.165) is 23.0 Å². The molecule has 2 N–H and O–H groups in total. The van der Waals surface area contributed by atoms with Crippen LogP contribution in [-0.4, -0.2) is 21.8 Å². The number of nitrogens with zero attached hydrogens (tertiary/aromatic N) is 3. The number of phenolic OH excluding ortho intramolecular Hbond substituents is 1. The molecule has 6 nitrogen and oxygen atoms in total. The summed E-state index contributed by atoms with van der Waals surface area (Å²) in [6.45, 7) is 4.99. The lowest BCUT2D eigenvalue weighted by Crippen LogP contribution is -2.17. The lowest BCUT2D eigenvalue weighted by Gasteiger charge is -2.10. The Bertz CT molecular complexity index is 1390. The number of carbonyl (C=O) groups is 1. The number of carbonyl (C=O) groups excluding carboxylic acids is 1. The predicted octanol–water partition coefficient (Wildman–Crippen LogP) is 4.65. The molecule has 0 radical (unpaired) electrons. The van der Waals surface area contributed by atoms with Crippen LogP contribution >= 0.6 is 0 Å². The van der Waals surface area contributed by atoms with Gasteiger partial charge in [0.15, 0.2) is 0 Å². The first-order valence-corrected chi connectivity index (χ1v) is 10.2. The first-order valence-electron chi connectivity index (χ1n) is 10.2. The third-order valence-electron chi connectivity index (χ3n) is 5.44. The van der Waals surface area contributed by atoms with Crippen LogP contribution in [0.2, 0.25) is 0 Å². The molecule has 1 heterocycles. The highest BCUT2D eigenvalue weighted by atomic mass is 16.3. The van der Waals surface area contributed by atoms with Crippen LogP contribution in [0.1, 0.15) is 38.2 Å². The fourth-order valence-electron chi connectivity index (χ4n) is 3.70. The van der Waals surface area contributed by atoms with E-state index in [1.165, 1.54) is 34.9 Å². The van der Waals surface area contributed by atoms with Crippen LogP contribution in [0.25, 0.3) is 10.9 Å². The van der Waals surface area contributed by atoms with Gasteiger partial charge >= 0.3 is 0 Å². The lowest BCUT2D eigenvalue weighted by molar-refractivity contribution is 0.0955. The van der Waals surface area contributed by atoms with Crippen molar-refractivity contribution in [3.63, 3.8) is 0 Å². The van der Waals surface area contributed by atoms with Crippen molar-refractivity contribution in [2.45, 2.75) is 20.4 Å². The number of phenols is 1. The molecule has 0 atom stereocenters. The number of aromatic hydroxyl groups is 1. The van der Waals surface area contributed by atoms with Gasteiger partial charge < -0.3 is 9.67 Å². The molecule has 4 aromatic rings.